The smallest absolute Gasteiger partial charge is 0.257 e. The van der Waals surface area contributed by atoms with E-state index in [1.165, 1.54) is 0 Å². The molecule has 0 aliphatic carbocycles. The summed E-state index contributed by atoms with van der Waals surface area (Å²) in [6, 6.07) is 0.239. The molecule has 0 bridgehead atoms. The van der Waals surface area contributed by atoms with Gasteiger partial charge in [-0.2, -0.15) is 5.10 Å². The SMILES string of the molecule is CC(C)n1cc(C(=O)N2CCCC(c3nnc(Cn4ccnc4)n3C)C2)cn1. The van der Waals surface area contributed by atoms with Gasteiger partial charge in [0.25, 0.3) is 5.91 Å². The van der Waals surface area contributed by atoms with Crippen molar-refractivity contribution in [3.8, 4) is 0 Å². The standard InChI is InChI=1S/C19H26N8O/c1-14(2)27-11-16(9-21-27)19(28)26-7-4-5-15(10-26)18-23-22-17(24(18)3)12-25-8-6-20-13-25/h6,8-9,11,13-15H,4-5,7,10,12H2,1-3H3. The fraction of sp³-hybridized carbons (Fsp3) is 0.526. The van der Waals surface area contributed by atoms with Gasteiger partial charge in [0.05, 0.1) is 24.6 Å². The van der Waals surface area contributed by atoms with Crippen molar-refractivity contribution >= 4 is 5.91 Å². The van der Waals surface area contributed by atoms with E-state index in [1.807, 2.05) is 47.4 Å². The highest BCUT2D eigenvalue weighted by atomic mass is 16.2. The van der Waals surface area contributed by atoms with Crippen LogP contribution in [0.15, 0.2) is 31.1 Å². The molecule has 4 heterocycles. The minimum Gasteiger partial charge on any atom is -0.338 e. The lowest BCUT2D eigenvalue weighted by Gasteiger charge is -2.32. The zero-order valence-corrected chi connectivity index (χ0v) is 16.6. The van der Waals surface area contributed by atoms with Crippen LogP contribution in [-0.2, 0) is 13.6 Å². The van der Waals surface area contributed by atoms with E-state index in [0.717, 1.165) is 31.0 Å². The van der Waals surface area contributed by atoms with Crippen LogP contribution in [-0.4, -0.2) is 58.0 Å². The average Bonchev–Trinajstić information content (AvgIpc) is 3.44. The number of nitrogens with zero attached hydrogens (tertiary/aromatic N) is 8. The van der Waals surface area contributed by atoms with E-state index >= 15 is 0 Å². The number of piperidine rings is 1. The summed E-state index contributed by atoms with van der Waals surface area (Å²) in [7, 11) is 2.00. The predicted octanol–water partition coefficient (Wildman–Crippen LogP) is 1.86. The molecule has 3 aromatic heterocycles. The van der Waals surface area contributed by atoms with Crippen molar-refractivity contribution in [1.82, 2.24) is 39.0 Å². The van der Waals surface area contributed by atoms with Gasteiger partial charge in [0.15, 0.2) is 5.82 Å². The van der Waals surface area contributed by atoms with Crippen LogP contribution < -0.4 is 0 Å². The Bertz CT molecular complexity index is 939. The first kappa shape index (κ1) is 18.4. The van der Waals surface area contributed by atoms with Gasteiger partial charge in [0.2, 0.25) is 0 Å². The lowest BCUT2D eigenvalue weighted by atomic mass is 9.96. The summed E-state index contributed by atoms with van der Waals surface area (Å²) < 4.78 is 5.84. The topological polar surface area (TPSA) is 86.7 Å². The van der Waals surface area contributed by atoms with Crippen molar-refractivity contribution in [3.05, 3.63) is 48.3 Å². The largest absolute Gasteiger partial charge is 0.338 e. The van der Waals surface area contributed by atoms with Gasteiger partial charge in [0.1, 0.15) is 5.82 Å². The molecule has 1 saturated heterocycles. The van der Waals surface area contributed by atoms with Crippen LogP contribution in [0.5, 0.6) is 0 Å². The third-order valence-electron chi connectivity index (χ3n) is 5.33. The highest BCUT2D eigenvalue weighted by Crippen LogP contribution is 2.27. The summed E-state index contributed by atoms with van der Waals surface area (Å²) in [6.45, 7) is 6.15. The number of carbonyl (C=O) groups is 1. The number of hydrogen-bond acceptors (Lipinski definition) is 5. The number of aromatic nitrogens is 7. The number of carbonyl (C=O) groups excluding carboxylic acids is 1. The van der Waals surface area contributed by atoms with Gasteiger partial charge >= 0.3 is 0 Å². The Morgan fingerprint density at radius 2 is 2.18 bits per heavy atom. The van der Waals surface area contributed by atoms with Gasteiger partial charge in [-0.25, -0.2) is 4.98 Å². The van der Waals surface area contributed by atoms with Crippen molar-refractivity contribution in [3.63, 3.8) is 0 Å². The van der Waals surface area contributed by atoms with Crippen LogP contribution in [0, 0.1) is 0 Å². The van der Waals surface area contributed by atoms with Crippen molar-refractivity contribution in [2.24, 2.45) is 7.05 Å². The predicted molar refractivity (Wildman–Crippen MR) is 103 cm³/mol. The van der Waals surface area contributed by atoms with Crippen molar-refractivity contribution in [1.29, 1.82) is 0 Å². The molecule has 9 nitrogen and oxygen atoms in total. The minimum absolute atomic E-state index is 0.0393. The number of rotatable bonds is 5. The second kappa shape index (κ2) is 7.57. The van der Waals surface area contributed by atoms with Crippen LogP contribution >= 0.6 is 0 Å². The molecular weight excluding hydrogens is 356 g/mol. The first-order valence-corrected chi connectivity index (χ1v) is 9.70. The van der Waals surface area contributed by atoms with Gasteiger partial charge in [-0.1, -0.05) is 0 Å². The quantitative estimate of drug-likeness (QED) is 0.672. The molecule has 1 aliphatic rings. The fourth-order valence-corrected chi connectivity index (χ4v) is 3.70. The lowest BCUT2D eigenvalue weighted by Crippen LogP contribution is -2.39. The number of hydrogen-bond donors (Lipinski definition) is 0. The normalized spacial score (nSPS) is 17.4. The van der Waals surface area contributed by atoms with Crippen LogP contribution in [0.4, 0.5) is 0 Å². The van der Waals surface area contributed by atoms with Crippen molar-refractivity contribution in [2.75, 3.05) is 13.1 Å². The highest BCUT2D eigenvalue weighted by molar-refractivity contribution is 5.93. The van der Waals surface area contributed by atoms with E-state index in [2.05, 4.69) is 24.8 Å². The Balaban J connectivity index is 1.47. The Morgan fingerprint density at radius 3 is 2.89 bits per heavy atom. The van der Waals surface area contributed by atoms with E-state index in [-0.39, 0.29) is 17.9 Å². The molecule has 1 fully saturated rings. The second-order valence-corrected chi connectivity index (χ2v) is 7.66. The summed E-state index contributed by atoms with van der Waals surface area (Å²) >= 11 is 0. The summed E-state index contributed by atoms with van der Waals surface area (Å²) in [6.07, 6.45) is 10.9. The van der Waals surface area contributed by atoms with E-state index in [9.17, 15) is 4.79 Å². The third-order valence-corrected chi connectivity index (χ3v) is 5.33. The molecule has 0 radical (unpaired) electrons. The number of amides is 1. The average molecular weight is 382 g/mol. The minimum atomic E-state index is 0.0393. The van der Waals surface area contributed by atoms with E-state index < -0.39 is 0 Å². The van der Waals surface area contributed by atoms with Gasteiger partial charge in [-0.15, -0.1) is 10.2 Å². The van der Waals surface area contributed by atoms with Crippen molar-refractivity contribution in [2.45, 2.75) is 45.2 Å². The van der Waals surface area contributed by atoms with Gasteiger partial charge in [0, 0.05) is 50.7 Å². The maximum absolute atomic E-state index is 12.9. The highest BCUT2D eigenvalue weighted by Gasteiger charge is 2.29. The Hall–Kier alpha value is -2.97. The van der Waals surface area contributed by atoms with Crippen molar-refractivity contribution < 1.29 is 4.79 Å². The molecule has 1 amide bonds. The molecule has 1 aliphatic heterocycles. The van der Waals surface area contributed by atoms with E-state index in [1.54, 1.807) is 18.7 Å². The molecule has 3 aromatic rings. The Labute approximate surface area is 164 Å². The lowest BCUT2D eigenvalue weighted by molar-refractivity contribution is 0.0703. The van der Waals surface area contributed by atoms with Gasteiger partial charge in [-0.05, 0) is 26.7 Å². The second-order valence-electron chi connectivity index (χ2n) is 7.66. The van der Waals surface area contributed by atoms with E-state index in [0.29, 0.717) is 18.7 Å². The number of likely N-dealkylation sites (tertiary alicyclic amines) is 1. The van der Waals surface area contributed by atoms with Crippen LogP contribution in [0.2, 0.25) is 0 Å². The molecule has 0 spiro atoms. The zero-order valence-electron chi connectivity index (χ0n) is 16.6. The number of imidazole rings is 1. The summed E-state index contributed by atoms with van der Waals surface area (Å²) in [5.74, 6) is 2.05. The molecular formula is C19H26N8O. The summed E-state index contributed by atoms with van der Waals surface area (Å²) in [5.41, 5.74) is 0.646. The summed E-state index contributed by atoms with van der Waals surface area (Å²) in [5, 5.41) is 13.1. The molecule has 148 valence electrons. The summed E-state index contributed by atoms with van der Waals surface area (Å²) in [4.78, 5) is 18.9. The molecule has 1 atom stereocenters. The maximum atomic E-state index is 12.9. The molecule has 0 aromatic carbocycles. The fourth-order valence-electron chi connectivity index (χ4n) is 3.70. The van der Waals surface area contributed by atoms with E-state index in [4.69, 9.17) is 0 Å². The first-order valence-electron chi connectivity index (χ1n) is 9.70. The van der Waals surface area contributed by atoms with Crippen LogP contribution in [0.3, 0.4) is 0 Å². The molecule has 4 rings (SSSR count). The molecule has 1 unspecified atom stereocenters. The van der Waals surface area contributed by atoms with Crippen LogP contribution in [0.25, 0.3) is 0 Å². The maximum Gasteiger partial charge on any atom is 0.257 e. The zero-order chi connectivity index (χ0) is 19.7. The van der Waals surface area contributed by atoms with Crippen LogP contribution in [0.1, 0.15) is 60.7 Å². The Kier molecular flexibility index (Phi) is 4.97. The molecule has 28 heavy (non-hydrogen) atoms. The molecule has 0 N–H and O–H groups in total. The molecule has 0 saturated carbocycles. The van der Waals surface area contributed by atoms with Gasteiger partial charge in [-0.3, -0.25) is 9.48 Å². The monoisotopic (exact) mass is 382 g/mol. The first-order chi connectivity index (χ1) is 13.5. The third kappa shape index (κ3) is 3.56. The Morgan fingerprint density at radius 1 is 1.32 bits per heavy atom. The van der Waals surface area contributed by atoms with Gasteiger partial charge < -0.3 is 14.0 Å². The molecule has 9 heteroatoms.